The van der Waals surface area contributed by atoms with E-state index in [4.69, 9.17) is 4.74 Å². The van der Waals surface area contributed by atoms with Crippen molar-refractivity contribution in [2.24, 2.45) is 0 Å². The first kappa shape index (κ1) is 29.1. The van der Waals surface area contributed by atoms with Crippen molar-refractivity contribution in [1.82, 2.24) is 10.6 Å². The van der Waals surface area contributed by atoms with Crippen molar-refractivity contribution in [3.8, 4) is 11.5 Å². The van der Waals surface area contributed by atoms with Crippen molar-refractivity contribution >= 4 is 11.6 Å². The topological polar surface area (TPSA) is 53.6 Å². The number of anilines is 1. The van der Waals surface area contributed by atoms with Gasteiger partial charge in [-0.1, -0.05) is 25.1 Å². The fourth-order valence-corrected chi connectivity index (χ4v) is 6.34. The average molecular weight is 566 g/mol. The fourth-order valence-electron chi connectivity index (χ4n) is 6.34. The maximum absolute atomic E-state index is 14.1. The van der Waals surface area contributed by atoms with Gasteiger partial charge in [0, 0.05) is 42.2 Å². The molecule has 8 heteroatoms. The molecule has 3 aromatic rings. The molecule has 41 heavy (non-hydrogen) atoms. The molecule has 0 saturated carbocycles. The number of amides is 1. The van der Waals surface area contributed by atoms with Crippen LogP contribution >= 0.6 is 0 Å². The first-order valence-electron chi connectivity index (χ1n) is 14.6. The number of hydrogen-bond donors (Lipinski definition) is 2. The number of rotatable bonds is 8. The second kappa shape index (κ2) is 12.7. The lowest BCUT2D eigenvalue weighted by Gasteiger charge is -2.41. The Morgan fingerprint density at radius 1 is 0.951 bits per heavy atom. The summed E-state index contributed by atoms with van der Waals surface area (Å²) < 4.78 is 46.5. The zero-order chi connectivity index (χ0) is 29.0. The van der Waals surface area contributed by atoms with Gasteiger partial charge in [0.2, 0.25) is 5.91 Å². The predicted molar refractivity (Wildman–Crippen MR) is 155 cm³/mol. The molecule has 0 bridgehead atoms. The Bertz CT molecular complexity index is 1370. The molecule has 2 N–H and O–H groups in total. The van der Waals surface area contributed by atoms with E-state index < -0.39 is 17.5 Å². The van der Waals surface area contributed by atoms with Crippen molar-refractivity contribution in [3.05, 3.63) is 88.7 Å². The largest absolute Gasteiger partial charge is 0.454 e. The Morgan fingerprint density at radius 3 is 2.37 bits per heavy atom. The molecule has 1 atom stereocenters. The van der Waals surface area contributed by atoms with Crippen molar-refractivity contribution < 1.29 is 22.7 Å². The summed E-state index contributed by atoms with van der Waals surface area (Å²) in [6, 6.07) is 15.2. The van der Waals surface area contributed by atoms with Gasteiger partial charge in [0.1, 0.15) is 5.75 Å². The number of piperidine rings is 2. The summed E-state index contributed by atoms with van der Waals surface area (Å²) in [4.78, 5) is 15.2. The summed E-state index contributed by atoms with van der Waals surface area (Å²) in [5, 5.41) is 6.95. The van der Waals surface area contributed by atoms with Crippen LogP contribution in [0.15, 0.2) is 54.6 Å². The smallest absolute Gasteiger partial charge is 0.227 e. The Morgan fingerprint density at radius 2 is 1.68 bits per heavy atom. The van der Waals surface area contributed by atoms with Crippen LogP contribution in [0.5, 0.6) is 11.5 Å². The van der Waals surface area contributed by atoms with E-state index >= 15 is 0 Å². The van der Waals surface area contributed by atoms with E-state index in [9.17, 15) is 18.0 Å². The highest BCUT2D eigenvalue weighted by Gasteiger charge is 2.36. The van der Waals surface area contributed by atoms with Crippen molar-refractivity contribution in [2.45, 2.75) is 63.8 Å². The molecule has 0 aromatic heterocycles. The van der Waals surface area contributed by atoms with E-state index in [1.807, 2.05) is 24.0 Å². The SMILES string of the molecule is CCC(=O)N(c1ccc(C)c(C2(Cc3ccc(Oc4cc(F)c(F)cc4F)cc3)CCNCC2)c1)C1CCCNC1. The van der Waals surface area contributed by atoms with Crippen LogP contribution in [0.4, 0.5) is 18.9 Å². The molecule has 5 rings (SSSR count). The van der Waals surface area contributed by atoms with Crippen molar-refractivity contribution in [3.63, 3.8) is 0 Å². The van der Waals surface area contributed by atoms with Gasteiger partial charge < -0.3 is 20.3 Å². The van der Waals surface area contributed by atoms with Gasteiger partial charge in [-0.15, -0.1) is 0 Å². The summed E-state index contributed by atoms with van der Waals surface area (Å²) in [7, 11) is 0. The lowest BCUT2D eigenvalue weighted by Crippen LogP contribution is -2.49. The summed E-state index contributed by atoms with van der Waals surface area (Å²) in [5.41, 5.74) is 4.38. The highest BCUT2D eigenvalue weighted by molar-refractivity contribution is 5.94. The average Bonchev–Trinajstić information content (AvgIpc) is 2.98. The van der Waals surface area contributed by atoms with Crippen LogP contribution in [0.2, 0.25) is 0 Å². The number of nitrogens with zero attached hydrogens (tertiary/aromatic N) is 1. The molecule has 2 aliphatic heterocycles. The van der Waals surface area contributed by atoms with Crippen LogP contribution in [-0.4, -0.2) is 38.1 Å². The van der Waals surface area contributed by atoms with E-state index in [-0.39, 0.29) is 23.1 Å². The van der Waals surface area contributed by atoms with Gasteiger partial charge in [0.25, 0.3) is 0 Å². The van der Waals surface area contributed by atoms with Crippen LogP contribution in [0, 0.1) is 24.4 Å². The van der Waals surface area contributed by atoms with Gasteiger partial charge in [0.05, 0.1) is 0 Å². The molecule has 1 unspecified atom stereocenters. The van der Waals surface area contributed by atoms with Crippen LogP contribution < -0.4 is 20.3 Å². The Balaban J connectivity index is 1.43. The third kappa shape index (κ3) is 6.44. The summed E-state index contributed by atoms with van der Waals surface area (Å²) in [6.07, 6.45) is 5.17. The number of ether oxygens (including phenoxy) is 1. The van der Waals surface area contributed by atoms with Crippen LogP contribution in [0.1, 0.15) is 55.7 Å². The quantitative estimate of drug-likeness (QED) is 0.304. The third-order valence-corrected chi connectivity index (χ3v) is 8.51. The molecule has 2 fully saturated rings. The van der Waals surface area contributed by atoms with Gasteiger partial charge in [-0.05, 0) is 99.6 Å². The number of halogens is 3. The highest BCUT2D eigenvalue weighted by Crippen LogP contribution is 2.41. The number of benzene rings is 3. The first-order chi connectivity index (χ1) is 19.8. The van der Waals surface area contributed by atoms with Crippen LogP contribution in [0.3, 0.4) is 0 Å². The molecule has 5 nitrogen and oxygen atoms in total. The maximum atomic E-state index is 14.1. The molecule has 218 valence electrons. The van der Waals surface area contributed by atoms with Gasteiger partial charge in [0.15, 0.2) is 23.2 Å². The van der Waals surface area contributed by atoms with Gasteiger partial charge in [-0.25, -0.2) is 13.2 Å². The molecule has 1 amide bonds. The zero-order valence-electron chi connectivity index (χ0n) is 23.7. The third-order valence-electron chi connectivity index (χ3n) is 8.51. The molecule has 0 radical (unpaired) electrons. The Labute approximate surface area is 240 Å². The minimum atomic E-state index is -1.26. The minimum absolute atomic E-state index is 0.133. The van der Waals surface area contributed by atoms with Gasteiger partial charge in [-0.2, -0.15) is 0 Å². The molecule has 0 aliphatic carbocycles. The molecular weight excluding hydrogens is 527 g/mol. The molecule has 2 saturated heterocycles. The van der Waals surface area contributed by atoms with Crippen LogP contribution in [-0.2, 0) is 16.6 Å². The maximum Gasteiger partial charge on any atom is 0.227 e. The van der Waals surface area contributed by atoms with E-state index in [1.54, 1.807) is 12.1 Å². The monoisotopic (exact) mass is 565 g/mol. The summed E-state index contributed by atoms with van der Waals surface area (Å²) in [5.74, 6) is -3.27. The van der Waals surface area contributed by atoms with E-state index in [2.05, 4.69) is 35.8 Å². The lowest BCUT2D eigenvalue weighted by molar-refractivity contribution is -0.118. The molecule has 3 aromatic carbocycles. The summed E-state index contributed by atoms with van der Waals surface area (Å²) in [6.45, 7) is 7.63. The van der Waals surface area contributed by atoms with Crippen LogP contribution in [0.25, 0.3) is 0 Å². The zero-order valence-corrected chi connectivity index (χ0v) is 23.7. The fraction of sp³-hybridized carbons (Fsp3) is 0.424. The highest BCUT2D eigenvalue weighted by atomic mass is 19.2. The van der Waals surface area contributed by atoms with E-state index in [0.717, 1.165) is 69.5 Å². The number of carbonyl (C=O) groups is 1. The summed E-state index contributed by atoms with van der Waals surface area (Å²) >= 11 is 0. The van der Waals surface area contributed by atoms with Gasteiger partial charge >= 0.3 is 0 Å². The molecule has 2 aliphatic rings. The normalized spacial score (nSPS) is 18.6. The van der Waals surface area contributed by atoms with Crippen molar-refractivity contribution in [1.29, 1.82) is 0 Å². The molecule has 2 heterocycles. The molecule has 0 spiro atoms. The van der Waals surface area contributed by atoms with Gasteiger partial charge in [-0.3, -0.25) is 4.79 Å². The number of hydrogen-bond acceptors (Lipinski definition) is 4. The number of nitrogens with one attached hydrogen (secondary N) is 2. The van der Waals surface area contributed by atoms with E-state index in [0.29, 0.717) is 24.3 Å². The molecular formula is C33H38F3N3O2. The Kier molecular flexibility index (Phi) is 9.00. The minimum Gasteiger partial charge on any atom is -0.454 e. The number of carbonyl (C=O) groups excluding carboxylic acids is 1. The second-order valence-electron chi connectivity index (χ2n) is 11.3. The Hall–Kier alpha value is -3.36. The van der Waals surface area contributed by atoms with E-state index in [1.165, 1.54) is 11.1 Å². The second-order valence-corrected chi connectivity index (χ2v) is 11.3. The lowest BCUT2D eigenvalue weighted by atomic mass is 9.68. The standard InChI is InChI=1S/C33H38F3N3O2/c1-3-32(40)39(25-5-4-14-38-21-25)24-9-6-22(2)27(17-24)33(12-15-37-16-13-33)20-23-7-10-26(11-8-23)41-31-19-29(35)28(34)18-30(31)36/h6-11,17-19,25,37-38H,3-5,12-16,20-21H2,1-2H3. The number of aryl methyl sites for hydroxylation is 1. The first-order valence-corrected chi connectivity index (χ1v) is 14.6. The van der Waals surface area contributed by atoms with Crippen molar-refractivity contribution in [2.75, 3.05) is 31.1 Å². The predicted octanol–water partition coefficient (Wildman–Crippen LogP) is 6.56.